The normalized spacial score (nSPS) is 20.3. The summed E-state index contributed by atoms with van der Waals surface area (Å²) >= 11 is 0. The van der Waals surface area contributed by atoms with E-state index in [1.165, 1.54) is 24.9 Å². The molecule has 1 atom stereocenters. The maximum atomic E-state index is 13.1. The Bertz CT molecular complexity index is 980. The van der Waals surface area contributed by atoms with Crippen LogP contribution in [0, 0.1) is 5.92 Å². The van der Waals surface area contributed by atoms with E-state index in [1.807, 2.05) is 29.2 Å². The lowest BCUT2D eigenvalue weighted by Gasteiger charge is -2.29. The van der Waals surface area contributed by atoms with E-state index >= 15 is 0 Å². The van der Waals surface area contributed by atoms with Crippen molar-refractivity contribution in [1.82, 2.24) is 0 Å². The minimum absolute atomic E-state index is 0.0564. The number of piperidine rings is 1. The largest absolute Gasteiger partial charge is 0.397 e. The van der Waals surface area contributed by atoms with Crippen molar-refractivity contribution in [3.63, 3.8) is 0 Å². The minimum Gasteiger partial charge on any atom is -0.397 e. The Hall–Kier alpha value is -2.73. The third-order valence-corrected chi connectivity index (χ3v) is 7.32. The first kappa shape index (κ1) is 21.1. The second kappa shape index (κ2) is 9.02. The molecule has 3 heterocycles. The molecule has 2 fully saturated rings. The number of nitrogens with two attached hydrogens (primary N) is 1. The first-order valence-corrected chi connectivity index (χ1v) is 12.0. The predicted octanol–water partition coefficient (Wildman–Crippen LogP) is 4.65. The van der Waals surface area contributed by atoms with Gasteiger partial charge in [0.25, 0.3) is 5.91 Å². The lowest BCUT2D eigenvalue weighted by Crippen LogP contribution is -2.31. The SMILES string of the molecule is CC(Nc1ccc(N2Cc3cc(N4CCCCC4)ccc3C2=O)cc1N)C1CCOCC1. The van der Waals surface area contributed by atoms with Crippen molar-refractivity contribution in [3.8, 4) is 0 Å². The number of nitrogens with one attached hydrogen (secondary N) is 1. The fourth-order valence-electron chi connectivity index (χ4n) is 5.29. The molecule has 3 N–H and O–H groups in total. The molecule has 0 spiro atoms. The fourth-order valence-corrected chi connectivity index (χ4v) is 5.29. The van der Waals surface area contributed by atoms with Gasteiger partial charge in [0, 0.05) is 49.3 Å². The van der Waals surface area contributed by atoms with Crippen LogP contribution in [0.15, 0.2) is 36.4 Å². The summed E-state index contributed by atoms with van der Waals surface area (Å²) < 4.78 is 5.48. The van der Waals surface area contributed by atoms with Crippen molar-refractivity contribution in [1.29, 1.82) is 0 Å². The lowest BCUT2D eigenvalue weighted by molar-refractivity contribution is 0.0622. The van der Waals surface area contributed by atoms with Gasteiger partial charge in [0.2, 0.25) is 0 Å². The third kappa shape index (κ3) is 4.16. The molecule has 6 heteroatoms. The number of rotatable bonds is 5. The summed E-state index contributed by atoms with van der Waals surface area (Å²) in [4.78, 5) is 17.4. The van der Waals surface area contributed by atoms with Crippen LogP contribution in [0.1, 0.15) is 54.9 Å². The van der Waals surface area contributed by atoms with Crippen LogP contribution in [-0.2, 0) is 11.3 Å². The van der Waals surface area contributed by atoms with Crippen molar-refractivity contribution >= 4 is 28.7 Å². The Balaban J connectivity index is 1.30. The molecule has 0 aromatic heterocycles. The third-order valence-electron chi connectivity index (χ3n) is 7.32. The number of hydrogen-bond acceptors (Lipinski definition) is 5. The first-order chi connectivity index (χ1) is 15.6. The standard InChI is InChI=1S/C26H34N4O2/c1-18(19-9-13-32-14-10-19)28-25-8-6-22(16-24(25)27)30-17-20-15-21(5-7-23(20)26(30)31)29-11-3-2-4-12-29/h5-8,15-16,18-19,28H,2-4,9-14,17,27H2,1H3. The van der Waals surface area contributed by atoms with Gasteiger partial charge in [-0.05, 0) is 86.9 Å². The number of anilines is 4. The Morgan fingerprint density at radius 2 is 1.78 bits per heavy atom. The zero-order chi connectivity index (χ0) is 22.1. The van der Waals surface area contributed by atoms with Gasteiger partial charge in [-0.1, -0.05) is 0 Å². The van der Waals surface area contributed by atoms with Crippen molar-refractivity contribution < 1.29 is 9.53 Å². The van der Waals surface area contributed by atoms with Crippen LogP contribution < -0.4 is 20.9 Å². The summed E-state index contributed by atoms with van der Waals surface area (Å²) in [5.41, 5.74) is 12.0. The Labute approximate surface area is 190 Å². The molecule has 1 unspecified atom stereocenters. The lowest BCUT2D eigenvalue weighted by atomic mass is 9.92. The molecule has 2 saturated heterocycles. The average Bonchev–Trinajstić information content (AvgIpc) is 3.17. The van der Waals surface area contributed by atoms with Gasteiger partial charge in [0.1, 0.15) is 0 Å². The summed E-state index contributed by atoms with van der Waals surface area (Å²) in [6.45, 7) is 6.69. The zero-order valence-corrected chi connectivity index (χ0v) is 19.0. The van der Waals surface area contributed by atoms with Crippen LogP contribution >= 0.6 is 0 Å². The highest BCUT2D eigenvalue weighted by Gasteiger charge is 2.30. The number of nitrogens with zero attached hydrogens (tertiary/aromatic N) is 2. The second-order valence-corrected chi connectivity index (χ2v) is 9.43. The van der Waals surface area contributed by atoms with Gasteiger partial charge in [-0.25, -0.2) is 0 Å². The quantitative estimate of drug-likeness (QED) is 0.671. The molecule has 0 radical (unpaired) electrons. The van der Waals surface area contributed by atoms with Gasteiger partial charge in [-0.3, -0.25) is 4.79 Å². The average molecular weight is 435 g/mol. The molecule has 6 nitrogen and oxygen atoms in total. The van der Waals surface area contributed by atoms with Crippen LogP contribution in [-0.4, -0.2) is 38.3 Å². The number of nitrogen functional groups attached to an aromatic ring is 1. The topological polar surface area (TPSA) is 70.8 Å². The summed E-state index contributed by atoms with van der Waals surface area (Å²) in [6.07, 6.45) is 5.95. The Morgan fingerprint density at radius 3 is 2.53 bits per heavy atom. The van der Waals surface area contributed by atoms with Crippen LogP contribution in [0.5, 0.6) is 0 Å². The van der Waals surface area contributed by atoms with E-state index in [4.69, 9.17) is 10.5 Å². The molecule has 0 saturated carbocycles. The van der Waals surface area contributed by atoms with E-state index in [1.54, 1.807) is 0 Å². The van der Waals surface area contributed by atoms with E-state index in [0.29, 0.717) is 24.2 Å². The van der Waals surface area contributed by atoms with Gasteiger partial charge in [-0.2, -0.15) is 0 Å². The Morgan fingerprint density at radius 1 is 1.03 bits per heavy atom. The molecule has 3 aliphatic rings. The van der Waals surface area contributed by atoms with E-state index in [9.17, 15) is 4.79 Å². The number of benzene rings is 2. The van der Waals surface area contributed by atoms with Crippen molar-refractivity contribution in [2.45, 2.75) is 51.6 Å². The van der Waals surface area contributed by atoms with E-state index in [2.05, 4.69) is 29.3 Å². The molecular weight excluding hydrogens is 400 g/mol. The fraction of sp³-hybridized carbons (Fsp3) is 0.500. The molecule has 0 bridgehead atoms. The molecule has 32 heavy (non-hydrogen) atoms. The molecular formula is C26H34N4O2. The van der Waals surface area contributed by atoms with Crippen LogP contribution in [0.25, 0.3) is 0 Å². The number of hydrogen-bond donors (Lipinski definition) is 2. The van der Waals surface area contributed by atoms with E-state index in [0.717, 1.165) is 61.6 Å². The summed E-state index contributed by atoms with van der Waals surface area (Å²) in [6, 6.07) is 12.6. The molecule has 170 valence electrons. The number of amides is 1. The van der Waals surface area contributed by atoms with Crippen molar-refractivity contribution in [2.24, 2.45) is 5.92 Å². The maximum Gasteiger partial charge on any atom is 0.258 e. The Kier molecular flexibility index (Phi) is 5.96. The molecule has 5 rings (SSSR count). The summed E-state index contributed by atoms with van der Waals surface area (Å²) in [5.74, 6) is 0.646. The van der Waals surface area contributed by atoms with E-state index < -0.39 is 0 Å². The first-order valence-electron chi connectivity index (χ1n) is 12.0. The predicted molar refractivity (Wildman–Crippen MR) is 131 cm³/mol. The highest BCUT2D eigenvalue weighted by atomic mass is 16.5. The monoisotopic (exact) mass is 434 g/mol. The number of ether oxygens (including phenoxy) is 1. The minimum atomic E-state index is 0.0564. The van der Waals surface area contributed by atoms with E-state index in [-0.39, 0.29) is 5.91 Å². The number of carbonyl (C=O) groups excluding carboxylic acids is 1. The highest BCUT2D eigenvalue weighted by Crippen LogP contribution is 2.35. The molecule has 2 aromatic rings. The number of carbonyl (C=O) groups is 1. The van der Waals surface area contributed by atoms with Gasteiger partial charge >= 0.3 is 0 Å². The van der Waals surface area contributed by atoms with Crippen LogP contribution in [0.2, 0.25) is 0 Å². The highest BCUT2D eigenvalue weighted by molar-refractivity contribution is 6.10. The number of fused-ring (bicyclic) bond motifs is 1. The molecule has 1 amide bonds. The molecule has 3 aliphatic heterocycles. The van der Waals surface area contributed by atoms with Gasteiger partial charge in [0.15, 0.2) is 0 Å². The van der Waals surface area contributed by atoms with Gasteiger partial charge < -0.3 is 25.6 Å². The molecule has 2 aromatic carbocycles. The second-order valence-electron chi connectivity index (χ2n) is 9.43. The zero-order valence-electron chi connectivity index (χ0n) is 19.0. The molecule has 0 aliphatic carbocycles. The summed E-state index contributed by atoms with van der Waals surface area (Å²) in [5, 5.41) is 3.58. The van der Waals surface area contributed by atoms with Gasteiger partial charge in [0.05, 0.1) is 17.9 Å². The van der Waals surface area contributed by atoms with Crippen molar-refractivity contribution in [3.05, 3.63) is 47.5 Å². The van der Waals surface area contributed by atoms with Crippen LogP contribution in [0.3, 0.4) is 0 Å². The van der Waals surface area contributed by atoms with Gasteiger partial charge in [-0.15, -0.1) is 0 Å². The van der Waals surface area contributed by atoms with Crippen LogP contribution in [0.4, 0.5) is 22.7 Å². The maximum absolute atomic E-state index is 13.1. The smallest absolute Gasteiger partial charge is 0.258 e. The summed E-state index contributed by atoms with van der Waals surface area (Å²) in [7, 11) is 0. The van der Waals surface area contributed by atoms with Crippen molar-refractivity contribution in [2.75, 3.05) is 47.2 Å².